The number of amides is 1. The lowest BCUT2D eigenvalue weighted by Crippen LogP contribution is -2.22. The maximum atomic E-state index is 10.8. The van der Waals surface area contributed by atoms with Gasteiger partial charge in [0.1, 0.15) is 12.4 Å². The molecule has 2 rings (SSSR count). The Labute approximate surface area is 99.9 Å². The van der Waals surface area contributed by atoms with Gasteiger partial charge in [-0.05, 0) is 24.6 Å². The SMILES string of the molecule is C[C@H](N)c1cccc(OCC2CNC(=O)O2)c1. The van der Waals surface area contributed by atoms with Crippen molar-refractivity contribution in [3.8, 4) is 5.75 Å². The van der Waals surface area contributed by atoms with Crippen LogP contribution in [0.25, 0.3) is 0 Å². The van der Waals surface area contributed by atoms with Crippen LogP contribution in [0.15, 0.2) is 24.3 Å². The van der Waals surface area contributed by atoms with Crippen molar-refractivity contribution in [2.24, 2.45) is 5.73 Å². The van der Waals surface area contributed by atoms with E-state index in [2.05, 4.69) is 5.32 Å². The van der Waals surface area contributed by atoms with E-state index in [1.54, 1.807) is 0 Å². The van der Waals surface area contributed by atoms with Crippen LogP contribution in [0.3, 0.4) is 0 Å². The van der Waals surface area contributed by atoms with E-state index in [9.17, 15) is 4.79 Å². The van der Waals surface area contributed by atoms with Crippen molar-refractivity contribution in [3.05, 3.63) is 29.8 Å². The number of carbonyl (C=O) groups is 1. The number of ether oxygens (including phenoxy) is 2. The predicted molar refractivity (Wildman–Crippen MR) is 62.8 cm³/mol. The van der Waals surface area contributed by atoms with E-state index in [1.807, 2.05) is 31.2 Å². The highest BCUT2D eigenvalue weighted by atomic mass is 16.6. The number of carbonyl (C=O) groups excluding carboxylic acids is 1. The molecule has 0 spiro atoms. The Balaban J connectivity index is 1.90. The molecule has 0 aliphatic carbocycles. The van der Waals surface area contributed by atoms with Gasteiger partial charge in [-0.15, -0.1) is 0 Å². The quantitative estimate of drug-likeness (QED) is 0.823. The molecule has 1 fully saturated rings. The molecule has 1 amide bonds. The first-order valence-corrected chi connectivity index (χ1v) is 5.58. The summed E-state index contributed by atoms with van der Waals surface area (Å²) in [5.74, 6) is 0.739. The number of alkyl carbamates (subject to hydrolysis) is 1. The molecule has 0 saturated carbocycles. The zero-order valence-electron chi connectivity index (χ0n) is 9.68. The molecule has 1 heterocycles. The summed E-state index contributed by atoms with van der Waals surface area (Å²) >= 11 is 0. The van der Waals surface area contributed by atoms with Gasteiger partial charge in [-0.25, -0.2) is 4.79 Å². The average Bonchev–Trinajstić information content (AvgIpc) is 2.73. The van der Waals surface area contributed by atoms with Crippen molar-refractivity contribution in [2.75, 3.05) is 13.2 Å². The number of nitrogens with two attached hydrogens (primary N) is 1. The zero-order chi connectivity index (χ0) is 12.3. The molecule has 0 bridgehead atoms. The Morgan fingerprint density at radius 1 is 1.65 bits per heavy atom. The Bertz CT molecular complexity index is 406. The fourth-order valence-electron chi connectivity index (χ4n) is 1.60. The molecule has 1 aliphatic heterocycles. The van der Waals surface area contributed by atoms with E-state index < -0.39 is 0 Å². The second-order valence-electron chi connectivity index (χ2n) is 4.08. The molecule has 1 aliphatic rings. The Hall–Kier alpha value is -1.75. The molecule has 17 heavy (non-hydrogen) atoms. The van der Waals surface area contributed by atoms with E-state index in [0.717, 1.165) is 11.3 Å². The van der Waals surface area contributed by atoms with E-state index in [-0.39, 0.29) is 18.2 Å². The summed E-state index contributed by atoms with van der Waals surface area (Å²) in [6, 6.07) is 7.58. The molecular formula is C12H16N2O3. The molecular weight excluding hydrogens is 220 g/mol. The molecule has 1 unspecified atom stereocenters. The molecule has 5 nitrogen and oxygen atoms in total. The zero-order valence-corrected chi connectivity index (χ0v) is 9.68. The van der Waals surface area contributed by atoms with Crippen molar-refractivity contribution >= 4 is 6.09 Å². The smallest absolute Gasteiger partial charge is 0.407 e. The summed E-state index contributed by atoms with van der Waals surface area (Å²) in [4.78, 5) is 10.8. The lowest BCUT2D eigenvalue weighted by Gasteiger charge is -2.12. The highest BCUT2D eigenvalue weighted by molar-refractivity contribution is 5.69. The van der Waals surface area contributed by atoms with Crippen molar-refractivity contribution in [1.29, 1.82) is 0 Å². The fourth-order valence-corrected chi connectivity index (χ4v) is 1.60. The van der Waals surface area contributed by atoms with Crippen LogP contribution in [-0.4, -0.2) is 25.3 Å². The number of rotatable bonds is 4. The third kappa shape index (κ3) is 3.10. The maximum absolute atomic E-state index is 10.8. The monoisotopic (exact) mass is 236 g/mol. The minimum atomic E-state index is -0.386. The maximum Gasteiger partial charge on any atom is 0.407 e. The Morgan fingerprint density at radius 2 is 2.47 bits per heavy atom. The number of hydrogen-bond donors (Lipinski definition) is 2. The second-order valence-corrected chi connectivity index (χ2v) is 4.08. The molecule has 1 saturated heterocycles. The van der Waals surface area contributed by atoms with Crippen molar-refractivity contribution in [2.45, 2.75) is 19.1 Å². The number of hydrogen-bond acceptors (Lipinski definition) is 4. The number of benzene rings is 1. The van der Waals surface area contributed by atoms with Crippen molar-refractivity contribution < 1.29 is 14.3 Å². The largest absolute Gasteiger partial charge is 0.490 e. The van der Waals surface area contributed by atoms with Crippen LogP contribution < -0.4 is 15.8 Å². The topological polar surface area (TPSA) is 73.6 Å². The Kier molecular flexibility index (Phi) is 3.49. The van der Waals surface area contributed by atoms with Crippen LogP contribution in [0.1, 0.15) is 18.5 Å². The van der Waals surface area contributed by atoms with Crippen LogP contribution in [0, 0.1) is 0 Å². The first-order valence-electron chi connectivity index (χ1n) is 5.58. The summed E-state index contributed by atoms with van der Waals surface area (Å²) in [6.45, 7) is 2.76. The van der Waals surface area contributed by atoms with Gasteiger partial charge in [-0.2, -0.15) is 0 Å². The highest BCUT2D eigenvalue weighted by Crippen LogP contribution is 2.18. The van der Waals surface area contributed by atoms with E-state index in [0.29, 0.717) is 13.2 Å². The van der Waals surface area contributed by atoms with E-state index >= 15 is 0 Å². The molecule has 1 aromatic rings. The Morgan fingerprint density at radius 3 is 3.12 bits per heavy atom. The van der Waals surface area contributed by atoms with Gasteiger partial charge in [-0.1, -0.05) is 12.1 Å². The number of nitrogens with one attached hydrogen (secondary N) is 1. The third-order valence-corrected chi connectivity index (χ3v) is 2.57. The predicted octanol–water partition coefficient (Wildman–Crippen LogP) is 1.19. The van der Waals surface area contributed by atoms with Gasteiger partial charge in [0.05, 0.1) is 6.54 Å². The number of cyclic esters (lactones) is 1. The lowest BCUT2D eigenvalue weighted by atomic mass is 10.1. The van der Waals surface area contributed by atoms with Crippen LogP contribution >= 0.6 is 0 Å². The summed E-state index contributed by atoms with van der Waals surface area (Å²) in [6.07, 6.45) is -0.607. The molecule has 5 heteroatoms. The first kappa shape index (κ1) is 11.7. The van der Waals surface area contributed by atoms with Crippen LogP contribution in [0.5, 0.6) is 5.75 Å². The average molecular weight is 236 g/mol. The molecule has 3 N–H and O–H groups in total. The van der Waals surface area contributed by atoms with E-state index in [4.69, 9.17) is 15.2 Å². The molecule has 0 radical (unpaired) electrons. The van der Waals surface area contributed by atoms with Crippen LogP contribution in [-0.2, 0) is 4.74 Å². The molecule has 2 atom stereocenters. The third-order valence-electron chi connectivity index (χ3n) is 2.57. The standard InChI is InChI=1S/C12H16N2O3/c1-8(13)9-3-2-4-10(5-9)16-7-11-6-14-12(15)17-11/h2-5,8,11H,6-7,13H2,1H3,(H,14,15)/t8-,11?/m0/s1. The second kappa shape index (κ2) is 5.05. The summed E-state index contributed by atoms with van der Waals surface area (Å²) in [5.41, 5.74) is 6.80. The van der Waals surface area contributed by atoms with Gasteiger partial charge in [0.25, 0.3) is 0 Å². The normalized spacial score (nSPS) is 20.6. The van der Waals surface area contributed by atoms with Gasteiger partial charge in [0, 0.05) is 6.04 Å². The minimum Gasteiger partial charge on any atom is -0.490 e. The van der Waals surface area contributed by atoms with Crippen molar-refractivity contribution in [3.63, 3.8) is 0 Å². The molecule has 92 valence electrons. The van der Waals surface area contributed by atoms with Crippen LogP contribution in [0.2, 0.25) is 0 Å². The summed E-state index contributed by atoms with van der Waals surface area (Å²) < 4.78 is 10.5. The van der Waals surface area contributed by atoms with Crippen molar-refractivity contribution in [1.82, 2.24) is 5.32 Å². The van der Waals surface area contributed by atoms with Gasteiger partial charge in [-0.3, -0.25) is 0 Å². The van der Waals surface area contributed by atoms with Gasteiger partial charge >= 0.3 is 6.09 Å². The van der Waals surface area contributed by atoms with E-state index in [1.165, 1.54) is 0 Å². The molecule has 0 aromatic heterocycles. The summed E-state index contributed by atoms with van der Waals surface area (Å²) in [7, 11) is 0. The van der Waals surface area contributed by atoms with Gasteiger partial charge in [0.15, 0.2) is 6.10 Å². The fraction of sp³-hybridized carbons (Fsp3) is 0.417. The highest BCUT2D eigenvalue weighted by Gasteiger charge is 2.22. The lowest BCUT2D eigenvalue weighted by molar-refractivity contribution is 0.105. The van der Waals surface area contributed by atoms with Gasteiger partial charge in [0.2, 0.25) is 0 Å². The minimum absolute atomic E-state index is 0.0236. The van der Waals surface area contributed by atoms with Crippen LogP contribution in [0.4, 0.5) is 4.79 Å². The first-order chi connectivity index (χ1) is 8.15. The molecule has 1 aromatic carbocycles. The summed E-state index contributed by atoms with van der Waals surface area (Å²) in [5, 5.41) is 2.57. The van der Waals surface area contributed by atoms with Gasteiger partial charge < -0.3 is 20.5 Å².